The molecule has 0 saturated carbocycles. The number of hydrogen-bond acceptors (Lipinski definition) is 0. The van der Waals surface area contributed by atoms with Gasteiger partial charge in [-0.25, -0.2) is 0 Å². The third-order valence-electron chi connectivity index (χ3n) is 2.73. The summed E-state index contributed by atoms with van der Waals surface area (Å²) >= 11 is 0. The molecular weight excluding hydrogens is 188 g/mol. The van der Waals surface area contributed by atoms with Gasteiger partial charge in [-0.2, -0.15) is 0 Å². The van der Waals surface area contributed by atoms with E-state index in [1.54, 1.807) is 0 Å². The van der Waals surface area contributed by atoms with Crippen LogP contribution in [0.1, 0.15) is 20.8 Å². The molecule has 0 unspecified atom stereocenters. The van der Waals surface area contributed by atoms with Crippen LogP contribution in [0.25, 0.3) is 0 Å². The van der Waals surface area contributed by atoms with E-state index in [1.165, 1.54) is 18.1 Å². The van der Waals surface area contributed by atoms with E-state index in [-0.39, 0.29) is 0 Å². The predicted molar refractivity (Wildman–Crippen MR) is 68.3 cm³/mol. The molecule has 0 nitrogen and oxygen atoms in total. The Morgan fingerprint density at radius 2 is 1.15 bits per heavy atom. The van der Waals surface area contributed by atoms with Crippen molar-refractivity contribution in [3.8, 4) is 11.1 Å². The fraction of sp³-hybridized carbons (Fsp3) is 0.818. The van der Waals surface area contributed by atoms with E-state index in [0.717, 1.165) is 0 Å². The van der Waals surface area contributed by atoms with Crippen molar-refractivity contribution < 1.29 is 0 Å². The molecule has 0 fully saturated rings. The van der Waals surface area contributed by atoms with Gasteiger partial charge in [-0.3, -0.25) is 0 Å². The van der Waals surface area contributed by atoms with Crippen molar-refractivity contribution in [2.24, 2.45) is 0 Å². The molecule has 0 radical (unpaired) electrons. The Balaban J connectivity index is 4.66. The molecule has 0 bridgehead atoms. The minimum Gasteiger partial charge on any atom is -0.139 e. The third kappa shape index (κ3) is 4.68. The first-order valence-electron chi connectivity index (χ1n) is 5.43. The van der Waals surface area contributed by atoms with Crippen LogP contribution in [0.3, 0.4) is 0 Å². The molecule has 0 atom stereocenters. The number of rotatable bonds is 3. The summed E-state index contributed by atoms with van der Waals surface area (Å²) in [4.78, 5) is 0. The standard InChI is InChI=1S/C11H24Si2/c1-7-13(8-2,9-3)11-10-12(4,5)6/h7-9H2,1-6H3. The van der Waals surface area contributed by atoms with Gasteiger partial charge in [-0.15, -0.1) is 11.1 Å². The second kappa shape index (κ2) is 5.02. The lowest BCUT2D eigenvalue weighted by Crippen LogP contribution is -2.31. The second-order valence-electron chi connectivity index (χ2n) is 4.84. The van der Waals surface area contributed by atoms with Gasteiger partial charge >= 0.3 is 0 Å². The molecule has 76 valence electrons. The van der Waals surface area contributed by atoms with E-state index in [9.17, 15) is 0 Å². The van der Waals surface area contributed by atoms with Crippen LogP contribution in [0.5, 0.6) is 0 Å². The van der Waals surface area contributed by atoms with E-state index in [2.05, 4.69) is 51.5 Å². The molecule has 0 N–H and O–H groups in total. The molecule has 0 aromatic rings. The van der Waals surface area contributed by atoms with E-state index >= 15 is 0 Å². The fourth-order valence-corrected chi connectivity index (χ4v) is 5.93. The van der Waals surface area contributed by atoms with E-state index < -0.39 is 16.1 Å². The zero-order chi connectivity index (χ0) is 10.5. The molecule has 0 heterocycles. The monoisotopic (exact) mass is 212 g/mol. The Morgan fingerprint density at radius 3 is 1.38 bits per heavy atom. The van der Waals surface area contributed by atoms with Gasteiger partial charge in [-0.1, -0.05) is 40.4 Å². The summed E-state index contributed by atoms with van der Waals surface area (Å²) in [6.45, 7) is 14.0. The van der Waals surface area contributed by atoms with Crippen LogP contribution >= 0.6 is 0 Å². The molecule has 13 heavy (non-hydrogen) atoms. The maximum Gasteiger partial charge on any atom is 0.136 e. The first-order valence-corrected chi connectivity index (χ1v) is 11.6. The van der Waals surface area contributed by atoms with Gasteiger partial charge in [0.2, 0.25) is 0 Å². The van der Waals surface area contributed by atoms with Crippen LogP contribution in [0, 0.1) is 11.1 Å². The first-order chi connectivity index (χ1) is 5.89. The van der Waals surface area contributed by atoms with E-state index in [1.807, 2.05) is 0 Å². The Kier molecular flexibility index (Phi) is 5.02. The average molecular weight is 212 g/mol. The topological polar surface area (TPSA) is 0 Å². The molecule has 0 amide bonds. The highest BCUT2D eigenvalue weighted by Gasteiger charge is 2.24. The number of hydrogen-bond donors (Lipinski definition) is 0. The zero-order valence-corrected chi connectivity index (χ0v) is 12.1. The maximum absolute atomic E-state index is 3.67. The first kappa shape index (κ1) is 13.0. The molecule has 0 rings (SSSR count). The Bertz CT molecular complexity index is 190. The Morgan fingerprint density at radius 1 is 0.769 bits per heavy atom. The largest absolute Gasteiger partial charge is 0.139 e. The summed E-state index contributed by atoms with van der Waals surface area (Å²) in [6.07, 6.45) is 0. The smallest absolute Gasteiger partial charge is 0.136 e. The summed E-state index contributed by atoms with van der Waals surface area (Å²) in [5, 5.41) is 0. The molecular formula is C11H24Si2. The molecule has 2 heteroatoms. The summed E-state index contributed by atoms with van der Waals surface area (Å²) < 4.78 is 0. The molecule has 0 saturated heterocycles. The average Bonchev–Trinajstić information content (AvgIpc) is 2.06. The normalized spacial score (nSPS) is 12.2. The minimum atomic E-state index is -1.15. The van der Waals surface area contributed by atoms with Crippen LogP contribution in [0.15, 0.2) is 0 Å². The van der Waals surface area contributed by atoms with Gasteiger partial charge in [0.05, 0.1) is 0 Å². The van der Waals surface area contributed by atoms with Gasteiger partial charge in [0.1, 0.15) is 16.1 Å². The van der Waals surface area contributed by atoms with Crippen molar-refractivity contribution in [1.82, 2.24) is 0 Å². The van der Waals surface area contributed by atoms with Crippen molar-refractivity contribution in [2.75, 3.05) is 0 Å². The SMILES string of the molecule is CC[Si](C#C[Si](C)(C)C)(CC)CC. The van der Waals surface area contributed by atoms with E-state index in [0.29, 0.717) is 0 Å². The Hall–Kier alpha value is -0.00623. The molecule has 0 aromatic heterocycles. The molecule has 0 aliphatic carbocycles. The third-order valence-corrected chi connectivity index (χ3v) is 8.57. The molecule has 0 aliphatic heterocycles. The summed E-state index contributed by atoms with van der Waals surface area (Å²) in [5.41, 5.74) is 7.24. The van der Waals surface area contributed by atoms with Gasteiger partial charge in [0.25, 0.3) is 0 Å². The lowest BCUT2D eigenvalue weighted by molar-refractivity contribution is 1.20. The highest BCUT2D eigenvalue weighted by atomic mass is 28.3. The van der Waals surface area contributed by atoms with Crippen LogP contribution in [-0.4, -0.2) is 16.1 Å². The lowest BCUT2D eigenvalue weighted by Gasteiger charge is -2.21. The van der Waals surface area contributed by atoms with Crippen molar-refractivity contribution in [2.45, 2.75) is 58.5 Å². The van der Waals surface area contributed by atoms with Crippen LogP contribution in [-0.2, 0) is 0 Å². The summed E-state index contributed by atoms with van der Waals surface area (Å²) in [7, 11) is -2.30. The predicted octanol–water partition coefficient (Wildman–Crippen LogP) is 3.91. The van der Waals surface area contributed by atoms with Crippen LogP contribution < -0.4 is 0 Å². The van der Waals surface area contributed by atoms with Crippen molar-refractivity contribution in [3.05, 3.63) is 0 Å². The van der Waals surface area contributed by atoms with Crippen molar-refractivity contribution >= 4 is 16.1 Å². The fourth-order valence-electron chi connectivity index (χ4n) is 1.34. The lowest BCUT2D eigenvalue weighted by atomic mass is 10.9. The van der Waals surface area contributed by atoms with Gasteiger partial charge in [-0.05, 0) is 18.1 Å². The van der Waals surface area contributed by atoms with Crippen LogP contribution in [0.2, 0.25) is 37.8 Å². The molecule has 0 aliphatic rings. The zero-order valence-electron chi connectivity index (χ0n) is 10.1. The molecule has 0 aromatic carbocycles. The quantitative estimate of drug-likeness (QED) is 0.491. The highest BCUT2D eigenvalue weighted by Crippen LogP contribution is 2.19. The maximum atomic E-state index is 3.67. The highest BCUT2D eigenvalue weighted by molar-refractivity contribution is 6.91. The van der Waals surface area contributed by atoms with Gasteiger partial charge in [0, 0.05) is 0 Å². The Labute approximate surface area is 86.1 Å². The van der Waals surface area contributed by atoms with Crippen molar-refractivity contribution in [3.63, 3.8) is 0 Å². The van der Waals surface area contributed by atoms with Gasteiger partial charge in [0.15, 0.2) is 0 Å². The summed E-state index contributed by atoms with van der Waals surface area (Å²) in [6, 6.07) is 3.99. The van der Waals surface area contributed by atoms with Crippen LogP contribution in [0.4, 0.5) is 0 Å². The second-order valence-corrected chi connectivity index (χ2v) is 14.5. The molecule has 0 spiro atoms. The van der Waals surface area contributed by atoms with Crippen molar-refractivity contribution in [1.29, 1.82) is 0 Å². The minimum absolute atomic E-state index is 1.14. The van der Waals surface area contributed by atoms with Gasteiger partial charge < -0.3 is 0 Å². The summed E-state index contributed by atoms with van der Waals surface area (Å²) in [5.74, 6) is 0. The van der Waals surface area contributed by atoms with E-state index in [4.69, 9.17) is 0 Å².